The number of nitrogens with zero attached hydrogens (tertiary/aromatic N) is 3. The van der Waals surface area contributed by atoms with Crippen LogP contribution in [0.5, 0.6) is 0 Å². The highest BCUT2D eigenvalue weighted by Gasteiger charge is 2.30. The summed E-state index contributed by atoms with van der Waals surface area (Å²) in [6.07, 6.45) is -1.18. The zero-order chi connectivity index (χ0) is 19.6. The van der Waals surface area contributed by atoms with Gasteiger partial charge in [0, 0.05) is 19.7 Å². The fraction of sp³-hybridized carbons (Fsp3) is 0.167. The van der Waals surface area contributed by atoms with Crippen LogP contribution >= 0.6 is 11.3 Å². The van der Waals surface area contributed by atoms with Gasteiger partial charge in [0.25, 0.3) is 5.91 Å². The number of nitrogens with one attached hydrogen (secondary N) is 1. The maximum Gasteiger partial charge on any atom is 0.416 e. The average Bonchev–Trinajstić information content (AvgIpc) is 3.20. The summed E-state index contributed by atoms with van der Waals surface area (Å²) in [5.41, 5.74) is 0.624. The molecule has 3 aromatic rings. The number of alkyl halides is 3. The van der Waals surface area contributed by atoms with Gasteiger partial charge in [0.15, 0.2) is 0 Å². The van der Waals surface area contributed by atoms with Crippen molar-refractivity contribution in [3.8, 4) is 0 Å². The van der Waals surface area contributed by atoms with Crippen molar-refractivity contribution in [2.24, 2.45) is 7.05 Å². The first-order valence-corrected chi connectivity index (χ1v) is 8.67. The van der Waals surface area contributed by atoms with Crippen LogP contribution in [-0.4, -0.2) is 20.7 Å². The normalized spacial score (nSPS) is 11.4. The largest absolute Gasteiger partial charge is 0.416 e. The smallest absolute Gasteiger partial charge is 0.310 e. The second-order valence-corrected chi connectivity index (χ2v) is 6.78. The molecule has 9 heteroatoms. The van der Waals surface area contributed by atoms with E-state index in [2.05, 4.69) is 22.0 Å². The summed E-state index contributed by atoms with van der Waals surface area (Å²) in [5.74, 6) is -0.354. The third kappa shape index (κ3) is 4.25. The molecule has 0 aliphatic rings. The van der Waals surface area contributed by atoms with Crippen LogP contribution in [0.3, 0.4) is 0 Å². The number of rotatable bonds is 5. The summed E-state index contributed by atoms with van der Waals surface area (Å²) in [7, 11) is 1.65. The Kier molecular flexibility index (Phi) is 5.13. The SMILES string of the molecule is C=Cc1nc(Cc2cccc(C(F)(F)F)c2)sc1NC(=O)c1ccnn1C. The second-order valence-electron chi connectivity index (χ2n) is 5.70. The lowest BCUT2D eigenvalue weighted by Crippen LogP contribution is -2.15. The van der Waals surface area contributed by atoms with E-state index in [1.165, 1.54) is 34.4 Å². The van der Waals surface area contributed by atoms with Crippen molar-refractivity contribution >= 4 is 28.3 Å². The van der Waals surface area contributed by atoms with E-state index >= 15 is 0 Å². The third-order valence-electron chi connectivity index (χ3n) is 3.78. The van der Waals surface area contributed by atoms with Crippen LogP contribution in [0.15, 0.2) is 43.1 Å². The summed E-state index contributed by atoms with van der Waals surface area (Å²) in [6.45, 7) is 3.67. The Morgan fingerprint density at radius 1 is 1.37 bits per heavy atom. The summed E-state index contributed by atoms with van der Waals surface area (Å²) in [6, 6.07) is 6.68. The van der Waals surface area contributed by atoms with E-state index in [9.17, 15) is 18.0 Å². The second kappa shape index (κ2) is 7.36. The summed E-state index contributed by atoms with van der Waals surface area (Å²) in [5, 5.41) is 7.75. The van der Waals surface area contributed by atoms with Gasteiger partial charge in [0.1, 0.15) is 10.7 Å². The number of hydrogen-bond donors (Lipinski definition) is 1. The number of benzene rings is 1. The standard InChI is InChI=1S/C18H15F3N4OS/c1-3-13-17(24-16(26)14-7-8-22-25(14)2)27-15(23-13)10-11-5-4-6-12(9-11)18(19,20)21/h3-9H,1,10H2,2H3,(H,24,26). The van der Waals surface area contributed by atoms with Crippen molar-refractivity contribution in [3.63, 3.8) is 0 Å². The lowest BCUT2D eigenvalue weighted by molar-refractivity contribution is -0.137. The Morgan fingerprint density at radius 3 is 2.78 bits per heavy atom. The molecule has 0 spiro atoms. The molecular formula is C18H15F3N4OS. The predicted octanol–water partition coefficient (Wildman–Crippen LogP) is 4.38. The number of hydrogen-bond acceptors (Lipinski definition) is 4. The van der Waals surface area contributed by atoms with E-state index < -0.39 is 11.7 Å². The molecule has 1 amide bonds. The van der Waals surface area contributed by atoms with E-state index in [4.69, 9.17) is 0 Å². The first-order chi connectivity index (χ1) is 12.8. The fourth-order valence-electron chi connectivity index (χ4n) is 2.48. The molecule has 0 saturated heterocycles. The third-order valence-corrected chi connectivity index (χ3v) is 4.77. The van der Waals surface area contributed by atoms with Gasteiger partial charge in [-0.15, -0.1) is 11.3 Å². The van der Waals surface area contributed by atoms with Crippen molar-refractivity contribution in [1.29, 1.82) is 0 Å². The molecule has 1 N–H and O–H groups in total. The number of amides is 1. The maximum absolute atomic E-state index is 12.9. The van der Waals surface area contributed by atoms with Crippen LogP contribution in [0, 0.1) is 0 Å². The molecule has 0 aliphatic carbocycles. The highest BCUT2D eigenvalue weighted by atomic mass is 32.1. The lowest BCUT2D eigenvalue weighted by Gasteiger charge is -2.07. The first kappa shape index (κ1) is 18.8. The van der Waals surface area contributed by atoms with E-state index in [0.29, 0.717) is 27.0 Å². The van der Waals surface area contributed by atoms with Crippen molar-refractivity contribution in [3.05, 3.63) is 70.6 Å². The van der Waals surface area contributed by atoms with E-state index in [1.807, 2.05) is 0 Å². The number of carbonyl (C=O) groups is 1. The Labute approximate surface area is 157 Å². The summed E-state index contributed by atoms with van der Waals surface area (Å²) < 4.78 is 40.0. The zero-order valence-corrected chi connectivity index (χ0v) is 15.1. The molecule has 2 aromatic heterocycles. The molecule has 0 aliphatic heterocycles. The van der Waals surface area contributed by atoms with Crippen molar-refractivity contribution in [1.82, 2.24) is 14.8 Å². The van der Waals surface area contributed by atoms with E-state index in [0.717, 1.165) is 12.1 Å². The van der Waals surface area contributed by atoms with Gasteiger partial charge < -0.3 is 5.32 Å². The van der Waals surface area contributed by atoms with Crippen LogP contribution in [0.25, 0.3) is 6.08 Å². The van der Waals surface area contributed by atoms with Gasteiger partial charge in [-0.2, -0.15) is 18.3 Å². The molecule has 2 heterocycles. The quantitative estimate of drug-likeness (QED) is 0.701. The number of aromatic nitrogens is 3. The molecule has 5 nitrogen and oxygen atoms in total. The highest BCUT2D eigenvalue weighted by Crippen LogP contribution is 2.31. The number of halogens is 3. The van der Waals surface area contributed by atoms with Gasteiger partial charge >= 0.3 is 6.18 Å². The molecule has 0 unspecified atom stereocenters. The molecule has 1 aromatic carbocycles. The number of carbonyl (C=O) groups excluding carboxylic acids is 1. The van der Waals surface area contributed by atoms with E-state index in [1.54, 1.807) is 19.2 Å². The van der Waals surface area contributed by atoms with Gasteiger partial charge in [-0.1, -0.05) is 24.8 Å². The molecular weight excluding hydrogens is 377 g/mol. The maximum atomic E-state index is 12.9. The van der Waals surface area contributed by atoms with Gasteiger partial charge in [-0.3, -0.25) is 9.48 Å². The topological polar surface area (TPSA) is 59.8 Å². The Morgan fingerprint density at radius 2 is 2.15 bits per heavy atom. The molecule has 0 bridgehead atoms. The molecule has 3 rings (SSSR count). The Bertz CT molecular complexity index is 991. The number of anilines is 1. The summed E-state index contributed by atoms with van der Waals surface area (Å²) >= 11 is 1.20. The zero-order valence-electron chi connectivity index (χ0n) is 14.2. The number of aryl methyl sites for hydroxylation is 1. The van der Waals surface area contributed by atoms with Crippen molar-refractivity contribution in [2.45, 2.75) is 12.6 Å². The van der Waals surface area contributed by atoms with Gasteiger partial charge in [-0.25, -0.2) is 4.98 Å². The summed E-state index contributed by atoms with van der Waals surface area (Å²) in [4.78, 5) is 16.7. The van der Waals surface area contributed by atoms with Crippen LogP contribution in [0.2, 0.25) is 0 Å². The van der Waals surface area contributed by atoms with Gasteiger partial charge in [0.05, 0.1) is 16.3 Å². The molecule has 0 fully saturated rings. The Balaban J connectivity index is 1.82. The monoisotopic (exact) mass is 392 g/mol. The number of thiazole rings is 1. The molecule has 0 atom stereocenters. The fourth-order valence-corrected chi connectivity index (χ4v) is 3.47. The lowest BCUT2D eigenvalue weighted by atomic mass is 10.1. The van der Waals surface area contributed by atoms with Crippen molar-refractivity contribution in [2.75, 3.05) is 5.32 Å². The van der Waals surface area contributed by atoms with Crippen LogP contribution in [0.1, 0.15) is 32.3 Å². The Hall–Kier alpha value is -2.94. The minimum absolute atomic E-state index is 0.219. The van der Waals surface area contributed by atoms with Crippen LogP contribution in [-0.2, 0) is 19.6 Å². The first-order valence-electron chi connectivity index (χ1n) is 7.85. The van der Waals surface area contributed by atoms with Crippen molar-refractivity contribution < 1.29 is 18.0 Å². The van der Waals surface area contributed by atoms with E-state index in [-0.39, 0.29) is 12.3 Å². The average molecular weight is 392 g/mol. The molecule has 140 valence electrons. The molecule has 0 radical (unpaired) electrons. The molecule has 27 heavy (non-hydrogen) atoms. The van der Waals surface area contributed by atoms with Crippen LogP contribution < -0.4 is 5.32 Å². The molecule has 0 saturated carbocycles. The van der Waals surface area contributed by atoms with Gasteiger partial charge in [0.2, 0.25) is 0 Å². The minimum atomic E-state index is -4.40. The van der Waals surface area contributed by atoms with Gasteiger partial charge in [-0.05, 0) is 23.8 Å². The van der Waals surface area contributed by atoms with Crippen LogP contribution in [0.4, 0.5) is 18.2 Å². The highest BCUT2D eigenvalue weighted by molar-refractivity contribution is 7.16. The minimum Gasteiger partial charge on any atom is -0.310 e. The predicted molar refractivity (Wildman–Crippen MR) is 97.6 cm³/mol.